The molecule has 1 aromatic carbocycles. The average Bonchev–Trinajstić information content (AvgIpc) is 2.49. The molecule has 1 atom stereocenters. The molecule has 0 radical (unpaired) electrons. The lowest BCUT2D eigenvalue weighted by Gasteiger charge is -2.41. The second kappa shape index (κ2) is 6.54. The van der Waals surface area contributed by atoms with Crippen molar-refractivity contribution in [3.63, 3.8) is 0 Å². The molecule has 1 amide bonds. The SMILES string of the molecule is NCC(=O)N1CCO[C@@](CO)(Cc2ccc(Cl)cc2)C1. The van der Waals surface area contributed by atoms with Gasteiger partial charge in [-0.3, -0.25) is 4.79 Å². The normalized spacial score (nSPS) is 22.9. The lowest BCUT2D eigenvalue weighted by Crippen LogP contribution is -2.57. The number of amides is 1. The van der Waals surface area contributed by atoms with E-state index in [4.69, 9.17) is 22.1 Å². The Bertz CT molecular complexity index is 466. The van der Waals surface area contributed by atoms with Crippen LogP contribution >= 0.6 is 11.6 Å². The Balaban J connectivity index is 2.12. The number of halogens is 1. The highest BCUT2D eigenvalue weighted by molar-refractivity contribution is 6.30. The highest BCUT2D eigenvalue weighted by Gasteiger charge is 2.37. The van der Waals surface area contributed by atoms with E-state index in [1.54, 1.807) is 17.0 Å². The molecule has 20 heavy (non-hydrogen) atoms. The number of rotatable bonds is 4. The molecule has 1 fully saturated rings. The van der Waals surface area contributed by atoms with Crippen molar-refractivity contribution in [3.8, 4) is 0 Å². The molecule has 1 aromatic rings. The molecule has 0 aliphatic carbocycles. The van der Waals surface area contributed by atoms with Crippen LogP contribution in [0.3, 0.4) is 0 Å². The summed E-state index contributed by atoms with van der Waals surface area (Å²) in [5.41, 5.74) is 5.63. The number of hydrogen-bond donors (Lipinski definition) is 2. The molecule has 1 heterocycles. The molecule has 5 nitrogen and oxygen atoms in total. The summed E-state index contributed by atoms with van der Waals surface area (Å²) < 4.78 is 5.76. The van der Waals surface area contributed by atoms with E-state index in [9.17, 15) is 9.90 Å². The third kappa shape index (κ3) is 3.49. The van der Waals surface area contributed by atoms with Crippen LogP contribution in [0, 0.1) is 0 Å². The van der Waals surface area contributed by atoms with Crippen LogP contribution in [0.5, 0.6) is 0 Å². The number of ether oxygens (including phenoxy) is 1. The van der Waals surface area contributed by atoms with Gasteiger partial charge in [-0.1, -0.05) is 23.7 Å². The highest BCUT2D eigenvalue weighted by Crippen LogP contribution is 2.24. The van der Waals surface area contributed by atoms with Gasteiger partial charge in [-0.25, -0.2) is 0 Å². The van der Waals surface area contributed by atoms with E-state index in [0.717, 1.165) is 5.56 Å². The van der Waals surface area contributed by atoms with E-state index in [1.165, 1.54) is 0 Å². The molecule has 1 aliphatic heterocycles. The van der Waals surface area contributed by atoms with Gasteiger partial charge in [0.2, 0.25) is 5.91 Å². The summed E-state index contributed by atoms with van der Waals surface area (Å²) in [4.78, 5) is 13.4. The highest BCUT2D eigenvalue weighted by atomic mass is 35.5. The fraction of sp³-hybridized carbons (Fsp3) is 0.500. The number of morpholine rings is 1. The lowest BCUT2D eigenvalue weighted by molar-refractivity contribution is -0.156. The van der Waals surface area contributed by atoms with Crippen LogP contribution in [-0.2, 0) is 16.0 Å². The second-order valence-corrected chi connectivity index (χ2v) is 5.45. The van der Waals surface area contributed by atoms with Crippen LogP contribution in [0.15, 0.2) is 24.3 Å². The van der Waals surface area contributed by atoms with Crippen molar-refractivity contribution in [2.45, 2.75) is 12.0 Å². The van der Waals surface area contributed by atoms with Gasteiger partial charge in [0, 0.05) is 18.0 Å². The maximum absolute atomic E-state index is 11.7. The zero-order valence-corrected chi connectivity index (χ0v) is 12.0. The van der Waals surface area contributed by atoms with Gasteiger partial charge in [-0.2, -0.15) is 0 Å². The Morgan fingerprint density at radius 2 is 2.15 bits per heavy atom. The van der Waals surface area contributed by atoms with E-state index < -0.39 is 5.60 Å². The standard InChI is InChI=1S/C14H19ClN2O3/c15-12-3-1-11(2-4-12)7-14(10-18)9-17(5-6-20-14)13(19)8-16/h1-4,18H,5-10,16H2/t14-/m0/s1. The third-order valence-electron chi connectivity index (χ3n) is 3.50. The van der Waals surface area contributed by atoms with Crippen molar-refractivity contribution in [2.24, 2.45) is 5.73 Å². The Kier molecular flexibility index (Phi) is 4.99. The predicted molar refractivity (Wildman–Crippen MR) is 76.6 cm³/mol. The Labute approximate surface area is 123 Å². The third-order valence-corrected chi connectivity index (χ3v) is 3.76. The number of aliphatic hydroxyl groups excluding tert-OH is 1. The van der Waals surface area contributed by atoms with Crippen molar-refractivity contribution in [1.29, 1.82) is 0 Å². The molecule has 0 bridgehead atoms. The Hall–Kier alpha value is -1.14. The van der Waals surface area contributed by atoms with Crippen molar-refractivity contribution in [1.82, 2.24) is 4.90 Å². The number of carbonyl (C=O) groups is 1. The summed E-state index contributed by atoms with van der Waals surface area (Å²) in [6.07, 6.45) is 0.523. The summed E-state index contributed by atoms with van der Waals surface area (Å²) in [6, 6.07) is 7.39. The van der Waals surface area contributed by atoms with Crippen molar-refractivity contribution in [3.05, 3.63) is 34.9 Å². The van der Waals surface area contributed by atoms with E-state index in [-0.39, 0.29) is 19.1 Å². The minimum absolute atomic E-state index is 0.0253. The molecule has 6 heteroatoms. The maximum Gasteiger partial charge on any atom is 0.236 e. The van der Waals surface area contributed by atoms with Gasteiger partial charge < -0.3 is 20.5 Å². The van der Waals surface area contributed by atoms with Crippen LogP contribution in [0.1, 0.15) is 5.56 Å². The first-order valence-electron chi connectivity index (χ1n) is 6.56. The summed E-state index contributed by atoms with van der Waals surface area (Å²) in [5, 5.41) is 10.4. The first-order valence-corrected chi connectivity index (χ1v) is 6.93. The quantitative estimate of drug-likeness (QED) is 0.845. The van der Waals surface area contributed by atoms with Crippen molar-refractivity contribution in [2.75, 3.05) is 32.8 Å². The number of nitrogens with two attached hydrogens (primary N) is 1. The summed E-state index contributed by atoms with van der Waals surface area (Å²) in [6.45, 7) is 1.09. The maximum atomic E-state index is 11.7. The minimum atomic E-state index is -0.767. The first-order chi connectivity index (χ1) is 9.58. The molecule has 2 rings (SSSR count). The number of aliphatic hydroxyl groups is 1. The fourth-order valence-corrected chi connectivity index (χ4v) is 2.55. The van der Waals surface area contributed by atoms with Gasteiger partial charge in [0.1, 0.15) is 5.60 Å². The largest absolute Gasteiger partial charge is 0.393 e. The number of carbonyl (C=O) groups excluding carboxylic acids is 1. The zero-order chi connectivity index (χ0) is 14.6. The van der Waals surface area contributed by atoms with E-state index in [0.29, 0.717) is 31.1 Å². The van der Waals surface area contributed by atoms with Crippen LogP contribution in [-0.4, -0.2) is 54.4 Å². The van der Waals surface area contributed by atoms with Crippen molar-refractivity contribution >= 4 is 17.5 Å². The summed E-state index contributed by atoms with van der Waals surface area (Å²) in [5.74, 6) is -0.123. The number of nitrogens with zero attached hydrogens (tertiary/aromatic N) is 1. The fourth-order valence-electron chi connectivity index (χ4n) is 2.42. The van der Waals surface area contributed by atoms with Gasteiger partial charge in [0.25, 0.3) is 0 Å². The Morgan fingerprint density at radius 3 is 2.75 bits per heavy atom. The second-order valence-electron chi connectivity index (χ2n) is 5.01. The zero-order valence-electron chi connectivity index (χ0n) is 11.2. The van der Waals surface area contributed by atoms with Crippen LogP contribution in [0.4, 0.5) is 0 Å². The summed E-state index contributed by atoms with van der Waals surface area (Å²) in [7, 11) is 0. The van der Waals surface area contributed by atoms with Gasteiger partial charge in [0.15, 0.2) is 0 Å². The average molecular weight is 299 g/mol. The molecular weight excluding hydrogens is 280 g/mol. The molecule has 110 valence electrons. The predicted octanol–water partition coefficient (Wildman–Crippen LogP) is 0.431. The topological polar surface area (TPSA) is 75.8 Å². The number of hydrogen-bond acceptors (Lipinski definition) is 4. The number of benzene rings is 1. The van der Waals surface area contributed by atoms with Gasteiger partial charge in [0.05, 0.1) is 26.3 Å². The molecule has 1 aliphatic rings. The molecule has 3 N–H and O–H groups in total. The van der Waals surface area contributed by atoms with Crippen LogP contribution in [0.2, 0.25) is 5.02 Å². The lowest BCUT2D eigenvalue weighted by atomic mass is 9.93. The Morgan fingerprint density at radius 1 is 1.45 bits per heavy atom. The van der Waals surface area contributed by atoms with Gasteiger partial charge >= 0.3 is 0 Å². The minimum Gasteiger partial charge on any atom is -0.393 e. The monoisotopic (exact) mass is 298 g/mol. The van der Waals surface area contributed by atoms with Crippen LogP contribution in [0.25, 0.3) is 0 Å². The molecular formula is C14H19ClN2O3. The first kappa shape index (κ1) is 15.3. The van der Waals surface area contributed by atoms with E-state index >= 15 is 0 Å². The van der Waals surface area contributed by atoms with E-state index in [1.807, 2.05) is 12.1 Å². The molecule has 0 spiro atoms. The smallest absolute Gasteiger partial charge is 0.236 e. The van der Waals surface area contributed by atoms with Gasteiger partial charge in [-0.05, 0) is 17.7 Å². The molecule has 1 saturated heterocycles. The molecule has 0 aromatic heterocycles. The van der Waals surface area contributed by atoms with Gasteiger partial charge in [-0.15, -0.1) is 0 Å². The van der Waals surface area contributed by atoms with E-state index in [2.05, 4.69) is 0 Å². The van der Waals surface area contributed by atoms with Crippen LogP contribution < -0.4 is 5.73 Å². The molecule has 0 unspecified atom stereocenters. The summed E-state index contributed by atoms with van der Waals surface area (Å²) >= 11 is 5.86. The van der Waals surface area contributed by atoms with Crippen molar-refractivity contribution < 1.29 is 14.6 Å². The molecule has 0 saturated carbocycles.